The van der Waals surface area contributed by atoms with Crippen LogP contribution in [0.1, 0.15) is 31.7 Å². The molecule has 0 aromatic heterocycles. The summed E-state index contributed by atoms with van der Waals surface area (Å²) >= 11 is 0. The van der Waals surface area contributed by atoms with Gasteiger partial charge in [0.25, 0.3) is 0 Å². The van der Waals surface area contributed by atoms with Gasteiger partial charge in [0.1, 0.15) is 0 Å². The van der Waals surface area contributed by atoms with Crippen LogP contribution >= 0.6 is 0 Å². The Balaban J connectivity index is 1.83. The van der Waals surface area contributed by atoms with Crippen molar-refractivity contribution >= 4 is 11.6 Å². The summed E-state index contributed by atoms with van der Waals surface area (Å²) in [6.07, 6.45) is 3.57. The average Bonchev–Trinajstić information content (AvgIpc) is 3.20. The number of amides is 1. The Labute approximate surface area is 121 Å². The van der Waals surface area contributed by atoms with Crippen molar-refractivity contribution in [1.29, 1.82) is 0 Å². The van der Waals surface area contributed by atoms with Crippen LogP contribution in [0.15, 0.2) is 24.3 Å². The van der Waals surface area contributed by atoms with Gasteiger partial charge in [0.05, 0.1) is 6.54 Å². The van der Waals surface area contributed by atoms with Crippen molar-refractivity contribution in [2.45, 2.75) is 32.7 Å². The molecule has 4 heteroatoms. The van der Waals surface area contributed by atoms with Gasteiger partial charge in [-0.2, -0.15) is 0 Å². The molecule has 0 radical (unpaired) electrons. The molecule has 1 saturated carbocycles. The molecule has 0 unspecified atom stereocenters. The Morgan fingerprint density at radius 2 is 2.25 bits per heavy atom. The zero-order chi connectivity index (χ0) is 14.4. The number of rotatable bonds is 8. The lowest BCUT2D eigenvalue weighted by Gasteiger charge is -2.21. The number of nitrogens with two attached hydrogens (primary N) is 1. The molecule has 110 valence electrons. The smallest absolute Gasteiger partial charge is 0.234 e. The van der Waals surface area contributed by atoms with Gasteiger partial charge in [-0.05, 0) is 49.4 Å². The molecular formula is C16H25N3O. The van der Waals surface area contributed by atoms with Crippen LogP contribution in [-0.2, 0) is 11.3 Å². The first-order valence-corrected chi connectivity index (χ1v) is 7.51. The van der Waals surface area contributed by atoms with E-state index in [1.54, 1.807) is 0 Å². The van der Waals surface area contributed by atoms with Gasteiger partial charge in [-0.1, -0.05) is 19.1 Å². The van der Waals surface area contributed by atoms with E-state index in [-0.39, 0.29) is 5.91 Å². The Morgan fingerprint density at radius 1 is 1.45 bits per heavy atom. The van der Waals surface area contributed by atoms with Crippen molar-refractivity contribution in [3.63, 3.8) is 0 Å². The molecule has 1 fully saturated rings. The summed E-state index contributed by atoms with van der Waals surface area (Å²) in [5.74, 6) is 0.863. The lowest BCUT2D eigenvalue weighted by molar-refractivity contribution is -0.122. The van der Waals surface area contributed by atoms with E-state index in [0.717, 1.165) is 43.2 Å². The van der Waals surface area contributed by atoms with Gasteiger partial charge in [0.2, 0.25) is 5.91 Å². The maximum absolute atomic E-state index is 11.9. The molecule has 1 aromatic rings. The highest BCUT2D eigenvalue weighted by molar-refractivity contribution is 5.78. The number of carbonyl (C=O) groups excluding carboxylic acids is 1. The van der Waals surface area contributed by atoms with Crippen LogP contribution in [0.3, 0.4) is 0 Å². The fourth-order valence-corrected chi connectivity index (χ4v) is 2.32. The zero-order valence-electron chi connectivity index (χ0n) is 12.3. The van der Waals surface area contributed by atoms with Gasteiger partial charge in [-0.25, -0.2) is 0 Å². The normalized spacial score (nSPS) is 14.5. The molecule has 3 N–H and O–H groups in total. The molecule has 1 aliphatic rings. The van der Waals surface area contributed by atoms with E-state index < -0.39 is 0 Å². The van der Waals surface area contributed by atoms with Crippen LogP contribution in [-0.4, -0.2) is 30.4 Å². The number of carbonyl (C=O) groups is 1. The summed E-state index contributed by atoms with van der Waals surface area (Å²) in [7, 11) is 0. The third-order valence-corrected chi connectivity index (χ3v) is 3.55. The van der Waals surface area contributed by atoms with E-state index in [2.05, 4.69) is 23.2 Å². The average molecular weight is 275 g/mol. The molecule has 2 rings (SSSR count). The summed E-state index contributed by atoms with van der Waals surface area (Å²) in [6.45, 7) is 5.14. The minimum absolute atomic E-state index is 0.134. The van der Waals surface area contributed by atoms with E-state index in [4.69, 9.17) is 5.73 Å². The molecule has 1 aliphatic carbocycles. The summed E-state index contributed by atoms with van der Waals surface area (Å²) in [5.41, 5.74) is 7.74. The second-order valence-corrected chi connectivity index (χ2v) is 5.70. The molecular weight excluding hydrogens is 250 g/mol. The van der Waals surface area contributed by atoms with Crippen molar-refractivity contribution in [3.8, 4) is 0 Å². The second kappa shape index (κ2) is 7.29. The number of anilines is 1. The number of hydrogen-bond acceptors (Lipinski definition) is 3. The molecule has 0 atom stereocenters. The van der Waals surface area contributed by atoms with Crippen LogP contribution < -0.4 is 11.1 Å². The monoisotopic (exact) mass is 275 g/mol. The van der Waals surface area contributed by atoms with E-state index in [1.807, 2.05) is 18.2 Å². The topological polar surface area (TPSA) is 58.4 Å². The number of hydrogen-bond donors (Lipinski definition) is 2. The Kier molecular flexibility index (Phi) is 5.41. The first-order valence-electron chi connectivity index (χ1n) is 7.51. The first-order chi connectivity index (χ1) is 9.67. The van der Waals surface area contributed by atoms with Gasteiger partial charge >= 0.3 is 0 Å². The van der Waals surface area contributed by atoms with E-state index in [9.17, 15) is 4.79 Å². The van der Waals surface area contributed by atoms with E-state index in [0.29, 0.717) is 6.54 Å². The van der Waals surface area contributed by atoms with Gasteiger partial charge < -0.3 is 11.1 Å². The first kappa shape index (κ1) is 14.9. The summed E-state index contributed by atoms with van der Waals surface area (Å²) < 4.78 is 0. The highest BCUT2D eigenvalue weighted by atomic mass is 16.2. The molecule has 0 bridgehead atoms. The Morgan fingerprint density at radius 3 is 2.90 bits per heavy atom. The van der Waals surface area contributed by atoms with Crippen LogP contribution in [0.2, 0.25) is 0 Å². The van der Waals surface area contributed by atoms with E-state index in [1.165, 1.54) is 12.8 Å². The molecule has 0 heterocycles. The van der Waals surface area contributed by atoms with E-state index >= 15 is 0 Å². The van der Waals surface area contributed by atoms with Crippen molar-refractivity contribution in [2.75, 3.05) is 25.4 Å². The molecule has 0 aliphatic heterocycles. The number of benzene rings is 1. The summed E-state index contributed by atoms with van der Waals surface area (Å²) in [5, 5.41) is 3.03. The van der Waals surface area contributed by atoms with Gasteiger partial charge in [0, 0.05) is 18.8 Å². The highest BCUT2D eigenvalue weighted by Gasteiger charge is 2.22. The number of nitrogens with one attached hydrogen (secondary N) is 1. The fourth-order valence-electron chi connectivity index (χ4n) is 2.32. The summed E-state index contributed by atoms with van der Waals surface area (Å²) in [6, 6.07) is 7.88. The van der Waals surface area contributed by atoms with Crippen LogP contribution in [0, 0.1) is 5.92 Å². The molecule has 20 heavy (non-hydrogen) atoms. The maximum atomic E-state index is 11.9. The zero-order valence-corrected chi connectivity index (χ0v) is 12.3. The maximum Gasteiger partial charge on any atom is 0.234 e. The van der Waals surface area contributed by atoms with Crippen molar-refractivity contribution < 1.29 is 4.79 Å². The quantitative estimate of drug-likeness (QED) is 0.714. The molecule has 4 nitrogen and oxygen atoms in total. The summed E-state index contributed by atoms with van der Waals surface area (Å²) in [4.78, 5) is 14.1. The van der Waals surface area contributed by atoms with Crippen molar-refractivity contribution in [3.05, 3.63) is 29.8 Å². The highest BCUT2D eigenvalue weighted by Crippen LogP contribution is 2.27. The second-order valence-electron chi connectivity index (χ2n) is 5.70. The Bertz CT molecular complexity index is 443. The SMILES string of the molecule is CCCN(CC(=O)NCC1CC1)Cc1cccc(N)c1. The van der Waals surface area contributed by atoms with Gasteiger partial charge in [0.15, 0.2) is 0 Å². The minimum atomic E-state index is 0.134. The Hall–Kier alpha value is -1.55. The largest absolute Gasteiger partial charge is 0.399 e. The third kappa shape index (κ3) is 5.21. The molecule has 1 aromatic carbocycles. The molecule has 0 saturated heterocycles. The van der Waals surface area contributed by atoms with Crippen molar-refractivity contribution in [1.82, 2.24) is 10.2 Å². The lowest BCUT2D eigenvalue weighted by Crippen LogP contribution is -2.38. The van der Waals surface area contributed by atoms with Gasteiger partial charge in [-0.3, -0.25) is 9.69 Å². The van der Waals surface area contributed by atoms with Crippen LogP contribution in [0.4, 0.5) is 5.69 Å². The lowest BCUT2D eigenvalue weighted by atomic mass is 10.2. The predicted octanol–water partition coefficient (Wildman–Crippen LogP) is 2.01. The van der Waals surface area contributed by atoms with Crippen LogP contribution in [0.5, 0.6) is 0 Å². The molecule has 1 amide bonds. The minimum Gasteiger partial charge on any atom is -0.399 e. The standard InChI is InChI=1S/C16H25N3O/c1-2-8-19(11-14-4-3-5-15(17)9-14)12-16(20)18-10-13-6-7-13/h3-5,9,13H,2,6-8,10-12,17H2,1H3,(H,18,20). The molecule has 0 spiro atoms. The fraction of sp³-hybridized carbons (Fsp3) is 0.562. The third-order valence-electron chi connectivity index (χ3n) is 3.55. The van der Waals surface area contributed by atoms with Crippen molar-refractivity contribution in [2.24, 2.45) is 5.92 Å². The number of nitrogen functional groups attached to an aromatic ring is 1. The van der Waals surface area contributed by atoms with Crippen LogP contribution in [0.25, 0.3) is 0 Å². The predicted molar refractivity (Wildman–Crippen MR) is 82.2 cm³/mol. The van der Waals surface area contributed by atoms with Gasteiger partial charge in [-0.15, -0.1) is 0 Å². The number of nitrogens with zero attached hydrogens (tertiary/aromatic N) is 1.